The van der Waals surface area contributed by atoms with Gasteiger partial charge in [-0.25, -0.2) is 0 Å². The fraction of sp³-hybridized carbons (Fsp3) is 0.474. The third kappa shape index (κ3) is 4.78. The molecule has 154 valence electrons. The Hall–Kier alpha value is -2.00. The molecule has 2 aliphatic rings. The van der Waals surface area contributed by atoms with Crippen molar-refractivity contribution in [1.82, 2.24) is 20.4 Å². The number of halogens is 2. The molecule has 0 aliphatic carbocycles. The third-order valence-corrected chi connectivity index (χ3v) is 5.91. The van der Waals surface area contributed by atoms with Crippen molar-refractivity contribution in [1.29, 1.82) is 5.41 Å². The van der Waals surface area contributed by atoms with Gasteiger partial charge in [0.1, 0.15) is 5.84 Å². The maximum atomic E-state index is 8.46. The van der Waals surface area contributed by atoms with Crippen molar-refractivity contribution >= 4 is 34.7 Å². The van der Waals surface area contributed by atoms with Crippen LogP contribution in [-0.2, 0) is 13.0 Å². The van der Waals surface area contributed by atoms with E-state index in [4.69, 9.17) is 38.9 Å². The maximum absolute atomic E-state index is 8.46. The molecule has 1 saturated heterocycles. The second kappa shape index (κ2) is 8.79. The zero-order chi connectivity index (χ0) is 20.4. The lowest BCUT2D eigenvalue weighted by atomic mass is 9.99. The number of hydrogen-bond acceptors (Lipinski definition) is 8. The smallest absolute Gasteiger partial charge is 0.271 e. The molecule has 1 aromatic carbocycles. The van der Waals surface area contributed by atoms with E-state index in [9.17, 15) is 0 Å². The van der Waals surface area contributed by atoms with Gasteiger partial charge < -0.3 is 15.6 Å². The molecule has 0 saturated carbocycles. The first-order chi connectivity index (χ1) is 14.0. The standard InChI is InChI=1S/C19H23Cl2N7O/c20-13-1-2-14(21)12(6-13)10-28-4-3-25-18(23)16(28)7-15(22)19-26-17(27-29-19)5-11-8-24-9-11/h1-2,6,11,16,22,24H,3-5,7-10H2,(H2,23,25). The Balaban J connectivity index is 1.45. The number of amidine groups is 1. The first kappa shape index (κ1) is 20.3. The number of aromatic nitrogens is 2. The second-order valence-corrected chi connectivity index (χ2v) is 8.30. The molecule has 2 aliphatic heterocycles. The number of benzene rings is 1. The predicted molar refractivity (Wildman–Crippen MR) is 113 cm³/mol. The van der Waals surface area contributed by atoms with Gasteiger partial charge in [-0.05, 0) is 42.8 Å². The minimum Gasteiger partial charge on any atom is -0.386 e. The molecular weight excluding hydrogens is 413 g/mol. The summed E-state index contributed by atoms with van der Waals surface area (Å²) in [6.07, 6.45) is 1.09. The van der Waals surface area contributed by atoms with E-state index in [1.807, 2.05) is 6.07 Å². The van der Waals surface area contributed by atoms with Crippen LogP contribution in [-0.4, -0.2) is 58.8 Å². The molecule has 4 rings (SSSR count). The highest BCUT2D eigenvalue weighted by atomic mass is 35.5. The van der Waals surface area contributed by atoms with Crippen molar-refractivity contribution in [3.8, 4) is 0 Å². The Morgan fingerprint density at radius 1 is 1.34 bits per heavy atom. The van der Waals surface area contributed by atoms with E-state index in [0.29, 0.717) is 53.7 Å². The van der Waals surface area contributed by atoms with E-state index in [-0.39, 0.29) is 17.6 Å². The molecule has 0 bridgehead atoms. The Kier molecular flexibility index (Phi) is 6.15. The average Bonchev–Trinajstić information content (AvgIpc) is 3.13. The number of aliphatic imine (C=N–C) groups is 1. The van der Waals surface area contributed by atoms with Gasteiger partial charge in [0.05, 0.1) is 18.3 Å². The zero-order valence-corrected chi connectivity index (χ0v) is 17.4. The number of nitrogens with zero attached hydrogens (tertiary/aromatic N) is 4. The molecule has 1 aromatic heterocycles. The van der Waals surface area contributed by atoms with Crippen LogP contribution in [0.1, 0.15) is 23.7 Å². The predicted octanol–water partition coefficient (Wildman–Crippen LogP) is 2.14. The Labute approximate surface area is 179 Å². The van der Waals surface area contributed by atoms with Crippen LogP contribution in [0.15, 0.2) is 27.7 Å². The maximum Gasteiger partial charge on any atom is 0.271 e. The van der Waals surface area contributed by atoms with Gasteiger partial charge >= 0.3 is 0 Å². The van der Waals surface area contributed by atoms with Crippen molar-refractivity contribution in [3.63, 3.8) is 0 Å². The summed E-state index contributed by atoms with van der Waals surface area (Å²) in [6.45, 7) is 3.82. The molecule has 0 radical (unpaired) electrons. The minimum atomic E-state index is -0.238. The lowest BCUT2D eigenvalue weighted by molar-refractivity contribution is 0.231. The number of nitrogens with one attached hydrogen (secondary N) is 2. The van der Waals surface area contributed by atoms with Crippen LogP contribution in [0.3, 0.4) is 0 Å². The van der Waals surface area contributed by atoms with Crippen LogP contribution in [0.2, 0.25) is 10.0 Å². The summed E-state index contributed by atoms with van der Waals surface area (Å²) >= 11 is 12.5. The number of rotatable bonds is 7. The number of hydrogen-bond donors (Lipinski definition) is 3. The van der Waals surface area contributed by atoms with Crippen LogP contribution in [0.5, 0.6) is 0 Å². The lowest BCUT2D eigenvalue weighted by Gasteiger charge is -2.34. The summed E-state index contributed by atoms with van der Waals surface area (Å²) in [6, 6.07) is 5.17. The van der Waals surface area contributed by atoms with E-state index in [0.717, 1.165) is 25.1 Å². The molecule has 3 heterocycles. The van der Waals surface area contributed by atoms with E-state index in [1.54, 1.807) is 12.1 Å². The average molecular weight is 436 g/mol. The molecule has 2 aromatic rings. The van der Waals surface area contributed by atoms with Crippen LogP contribution in [0.25, 0.3) is 0 Å². The van der Waals surface area contributed by atoms with Gasteiger partial charge in [0.25, 0.3) is 5.89 Å². The molecule has 0 spiro atoms. The van der Waals surface area contributed by atoms with E-state index < -0.39 is 0 Å². The first-order valence-corrected chi connectivity index (χ1v) is 10.3. The van der Waals surface area contributed by atoms with Gasteiger partial charge in [-0.15, -0.1) is 0 Å². The monoisotopic (exact) mass is 435 g/mol. The summed E-state index contributed by atoms with van der Waals surface area (Å²) in [5.74, 6) is 1.92. The molecule has 1 unspecified atom stereocenters. The molecule has 8 nitrogen and oxygen atoms in total. The second-order valence-electron chi connectivity index (χ2n) is 7.46. The SMILES string of the molecule is N=C(CC1C(N)=NCCN1Cc1cc(Cl)ccc1Cl)c1nc(CC2CNC2)no1. The molecule has 29 heavy (non-hydrogen) atoms. The van der Waals surface area contributed by atoms with Gasteiger partial charge in [0.15, 0.2) is 5.82 Å². The fourth-order valence-corrected chi connectivity index (χ4v) is 3.93. The fourth-order valence-electron chi connectivity index (χ4n) is 3.55. The van der Waals surface area contributed by atoms with E-state index >= 15 is 0 Å². The van der Waals surface area contributed by atoms with Crippen LogP contribution in [0, 0.1) is 11.3 Å². The van der Waals surface area contributed by atoms with Crippen molar-refractivity contribution in [3.05, 3.63) is 45.5 Å². The molecule has 1 fully saturated rings. The minimum absolute atomic E-state index is 0.238. The highest BCUT2D eigenvalue weighted by Crippen LogP contribution is 2.24. The normalized spacial score (nSPS) is 20.3. The molecule has 0 amide bonds. The van der Waals surface area contributed by atoms with Gasteiger partial charge in [-0.1, -0.05) is 28.4 Å². The van der Waals surface area contributed by atoms with Crippen molar-refractivity contribution in [2.75, 3.05) is 26.2 Å². The summed E-state index contributed by atoms with van der Waals surface area (Å²) in [7, 11) is 0. The molecule has 1 atom stereocenters. The molecule has 10 heteroatoms. The van der Waals surface area contributed by atoms with Crippen molar-refractivity contribution < 1.29 is 4.52 Å². The molecular formula is C19H23Cl2N7O. The summed E-state index contributed by atoms with van der Waals surface area (Å²) in [4.78, 5) is 10.9. The van der Waals surface area contributed by atoms with Crippen molar-refractivity contribution in [2.45, 2.75) is 25.4 Å². The highest BCUT2D eigenvalue weighted by Gasteiger charge is 2.29. The Morgan fingerprint density at radius 2 is 2.17 bits per heavy atom. The van der Waals surface area contributed by atoms with E-state index in [1.165, 1.54) is 0 Å². The van der Waals surface area contributed by atoms with Crippen LogP contribution >= 0.6 is 23.2 Å². The Morgan fingerprint density at radius 3 is 2.93 bits per heavy atom. The Bertz CT molecular complexity index is 925. The lowest BCUT2D eigenvalue weighted by Crippen LogP contribution is -2.50. The first-order valence-electron chi connectivity index (χ1n) is 9.58. The highest BCUT2D eigenvalue weighted by molar-refractivity contribution is 6.33. The quantitative estimate of drug-likeness (QED) is 0.573. The van der Waals surface area contributed by atoms with Gasteiger partial charge in [0, 0.05) is 36.0 Å². The molecule has 4 N–H and O–H groups in total. The van der Waals surface area contributed by atoms with Crippen molar-refractivity contribution in [2.24, 2.45) is 16.6 Å². The number of nitrogens with two attached hydrogens (primary N) is 1. The summed E-state index contributed by atoms with van der Waals surface area (Å²) in [5.41, 5.74) is 7.36. The summed E-state index contributed by atoms with van der Waals surface area (Å²) in [5, 5.41) is 17.0. The summed E-state index contributed by atoms with van der Waals surface area (Å²) < 4.78 is 5.32. The van der Waals surface area contributed by atoms with Gasteiger partial charge in [-0.2, -0.15) is 4.98 Å². The third-order valence-electron chi connectivity index (χ3n) is 5.31. The topological polar surface area (TPSA) is 116 Å². The van der Waals surface area contributed by atoms with Gasteiger partial charge in [0.2, 0.25) is 0 Å². The largest absolute Gasteiger partial charge is 0.386 e. The van der Waals surface area contributed by atoms with Crippen LogP contribution < -0.4 is 11.1 Å². The van der Waals surface area contributed by atoms with E-state index in [2.05, 4.69) is 25.3 Å². The zero-order valence-electron chi connectivity index (χ0n) is 15.9. The van der Waals surface area contributed by atoms with Gasteiger partial charge in [-0.3, -0.25) is 15.3 Å². The van der Waals surface area contributed by atoms with Crippen LogP contribution in [0.4, 0.5) is 0 Å².